The van der Waals surface area contributed by atoms with Crippen LogP contribution < -0.4 is 24.4 Å². The summed E-state index contributed by atoms with van der Waals surface area (Å²) in [5, 5.41) is 0.447. The lowest BCUT2D eigenvalue weighted by Gasteiger charge is -2.16. The van der Waals surface area contributed by atoms with Crippen LogP contribution in [0.3, 0.4) is 0 Å². The first kappa shape index (κ1) is 16.7. The molecule has 3 rings (SSSR count). The number of fused-ring (bicyclic) bond motifs is 1. The highest BCUT2D eigenvalue weighted by molar-refractivity contribution is 5.84. The molecule has 0 bridgehead atoms. The molecule has 0 spiro atoms. The van der Waals surface area contributed by atoms with Gasteiger partial charge in [0.15, 0.2) is 17.3 Å². The number of hydrogen-bond donors (Lipinski definition) is 0. The minimum Gasteiger partial charge on any atom is -0.493 e. The summed E-state index contributed by atoms with van der Waals surface area (Å²) in [6.07, 6.45) is 0. The second kappa shape index (κ2) is 6.76. The van der Waals surface area contributed by atoms with Crippen LogP contribution in [0, 0.1) is 0 Å². The molecule has 1 aromatic heterocycles. The van der Waals surface area contributed by atoms with Gasteiger partial charge in [0.25, 0.3) is 0 Å². The molecule has 6 heteroatoms. The molecular weight excluding hydrogens is 324 g/mol. The Morgan fingerprint density at radius 1 is 0.760 bits per heavy atom. The summed E-state index contributed by atoms with van der Waals surface area (Å²) < 4.78 is 27.5. The first-order valence-electron chi connectivity index (χ1n) is 7.55. The van der Waals surface area contributed by atoms with E-state index in [0.717, 1.165) is 0 Å². The van der Waals surface area contributed by atoms with Crippen molar-refractivity contribution in [1.29, 1.82) is 0 Å². The Morgan fingerprint density at radius 3 is 2.08 bits per heavy atom. The molecule has 2 aromatic carbocycles. The van der Waals surface area contributed by atoms with E-state index in [2.05, 4.69) is 0 Å². The lowest BCUT2D eigenvalue weighted by atomic mass is 10.1. The van der Waals surface area contributed by atoms with Crippen molar-refractivity contribution in [2.24, 2.45) is 0 Å². The predicted molar refractivity (Wildman–Crippen MR) is 94.1 cm³/mol. The number of methoxy groups -OCH3 is 4. The standard InChI is InChI=1S/C19H18O6/c1-21-14-10-9-12(16(22-2)18(14)23-3)17-19(24-4)15(20)11-7-5-6-8-13(11)25-17/h5-10H,1-4H3. The highest BCUT2D eigenvalue weighted by Gasteiger charge is 2.24. The molecule has 0 atom stereocenters. The largest absolute Gasteiger partial charge is 0.493 e. The van der Waals surface area contributed by atoms with Crippen LogP contribution in [-0.2, 0) is 0 Å². The van der Waals surface area contributed by atoms with E-state index < -0.39 is 0 Å². The van der Waals surface area contributed by atoms with Crippen LogP contribution in [0.4, 0.5) is 0 Å². The van der Waals surface area contributed by atoms with Crippen LogP contribution in [-0.4, -0.2) is 28.4 Å². The highest BCUT2D eigenvalue weighted by atomic mass is 16.5. The molecule has 130 valence electrons. The van der Waals surface area contributed by atoms with E-state index in [4.69, 9.17) is 23.4 Å². The lowest BCUT2D eigenvalue weighted by molar-refractivity contribution is 0.324. The summed E-state index contributed by atoms with van der Waals surface area (Å²) in [4.78, 5) is 12.7. The molecule has 0 unspecified atom stereocenters. The molecule has 0 aliphatic rings. The Hall–Kier alpha value is -3.15. The topological polar surface area (TPSA) is 67.1 Å². The molecule has 0 radical (unpaired) electrons. The van der Waals surface area contributed by atoms with Crippen molar-refractivity contribution in [3.63, 3.8) is 0 Å². The third-order valence-electron chi connectivity index (χ3n) is 3.91. The van der Waals surface area contributed by atoms with E-state index in [-0.39, 0.29) is 16.9 Å². The average molecular weight is 342 g/mol. The number of rotatable bonds is 5. The zero-order valence-electron chi connectivity index (χ0n) is 14.4. The highest BCUT2D eigenvalue weighted by Crippen LogP contribution is 2.46. The van der Waals surface area contributed by atoms with Crippen molar-refractivity contribution in [3.8, 4) is 34.3 Å². The Morgan fingerprint density at radius 2 is 1.44 bits per heavy atom. The van der Waals surface area contributed by atoms with Gasteiger partial charge in [0.2, 0.25) is 16.9 Å². The van der Waals surface area contributed by atoms with E-state index in [9.17, 15) is 4.79 Å². The maximum atomic E-state index is 12.7. The van der Waals surface area contributed by atoms with Crippen molar-refractivity contribution in [1.82, 2.24) is 0 Å². The summed E-state index contributed by atoms with van der Waals surface area (Å²) in [6, 6.07) is 10.4. The lowest BCUT2D eigenvalue weighted by Crippen LogP contribution is -2.08. The second-order valence-corrected chi connectivity index (χ2v) is 5.17. The van der Waals surface area contributed by atoms with E-state index in [1.807, 2.05) is 0 Å². The Kier molecular flexibility index (Phi) is 4.52. The van der Waals surface area contributed by atoms with E-state index in [1.54, 1.807) is 36.4 Å². The second-order valence-electron chi connectivity index (χ2n) is 5.17. The van der Waals surface area contributed by atoms with Gasteiger partial charge < -0.3 is 23.4 Å². The van der Waals surface area contributed by atoms with Gasteiger partial charge in [-0.2, -0.15) is 0 Å². The maximum Gasteiger partial charge on any atom is 0.235 e. The molecule has 25 heavy (non-hydrogen) atoms. The zero-order valence-corrected chi connectivity index (χ0v) is 14.4. The van der Waals surface area contributed by atoms with Crippen molar-refractivity contribution in [3.05, 3.63) is 46.6 Å². The Labute approximate surface area is 144 Å². The average Bonchev–Trinajstić information content (AvgIpc) is 2.66. The fourth-order valence-electron chi connectivity index (χ4n) is 2.77. The SMILES string of the molecule is COc1ccc(-c2oc3ccccc3c(=O)c2OC)c(OC)c1OC. The van der Waals surface area contributed by atoms with Crippen LogP contribution in [0.25, 0.3) is 22.3 Å². The van der Waals surface area contributed by atoms with Gasteiger partial charge in [0.05, 0.1) is 39.4 Å². The number of hydrogen-bond acceptors (Lipinski definition) is 6. The van der Waals surface area contributed by atoms with Crippen LogP contribution in [0.2, 0.25) is 0 Å². The van der Waals surface area contributed by atoms with Crippen LogP contribution >= 0.6 is 0 Å². The van der Waals surface area contributed by atoms with Gasteiger partial charge in [-0.05, 0) is 24.3 Å². The van der Waals surface area contributed by atoms with Crippen molar-refractivity contribution in [2.45, 2.75) is 0 Å². The van der Waals surface area contributed by atoms with Crippen LogP contribution in [0.1, 0.15) is 0 Å². The summed E-state index contributed by atoms with van der Waals surface area (Å²) >= 11 is 0. The Balaban J connectivity index is 2.39. The molecule has 1 heterocycles. The minimum absolute atomic E-state index is 0.101. The van der Waals surface area contributed by atoms with E-state index >= 15 is 0 Å². The summed E-state index contributed by atoms with van der Waals surface area (Å²) in [5.74, 6) is 1.66. The predicted octanol–water partition coefficient (Wildman–Crippen LogP) is 3.49. The van der Waals surface area contributed by atoms with Gasteiger partial charge in [-0.15, -0.1) is 0 Å². The molecule has 0 N–H and O–H groups in total. The summed E-state index contributed by atoms with van der Waals surface area (Å²) in [6.45, 7) is 0. The molecule has 0 fully saturated rings. The molecule has 0 aliphatic carbocycles. The molecule has 0 amide bonds. The number of para-hydroxylation sites is 1. The molecule has 6 nitrogen and oxygen atoms in total. The molecule has 3 aromatic rings. The van der Waals surface area contributed by atoms with Crippen LogP contribution in [0.15, 0.2) is 45.6 Å². The van der Waals surface area contributed by atoms with E-state index in [0.29, 0.717) is 33.8 Å². The van der Waals surface area contributed by atoms with Gasteiger partial charge >= 0.3 is 0 Å². The summed E-state index contributed by atoms with van der Waals surface area (Å²) in [5.41, 5.74) is 0.733. The molecule has 0 saturated heterocycles. The Bertz CT molecular complexity index is 974. The monoisotopic (exact) mass is 342 g/mol. The van der Waals surface area contributed by atoms with Gasteiger partial charge in [-0.25, -0.2) is 0 Å². The third kappa shape index (κ3) is 2.65. The first-order chi connectivity index (χ1) is 12.2. The summed E-state index contributed by atoms with van der Waals surface area (Å²) in [7, 11) is 5.98. The third-order valence-corrected chi connectivity index (χ3v) is 3.91. The zero-order chi connectivity index (χ0) is 18.0. The van der Waals surface area contributed by atoms with Crippen molar-refractivity contribution < 1.29 is 23.4 Å². The maximum absolute atomic E-state index is 12.7. The minimum atomic E-state index is -0.254. The fourth-order valence-corrected chi connectivity index (χ4v) is 2.77. The van der Waals surface area contributed by atoms with E-state index in [1.165, 1.54) is 28.4 Å². The molecule has 0 aliphatic heterocycles. The van der Waals surface area contributed by atoms with Gasteiger partial charge in [-0.1, -0.05) is 12.1 Å². The molecule has 0 saturated carbocycles. The van der Waals surface area contributed by atoms with Crippen molar-refractivity contribution in [2.75, 3.05) is 28.4 Å². The first-order valence-corrected chi connectivity index (χ1v) is 7.55. The van der Waals surface area contributed by atoms with Gasteiger partial charge in [0, 0.05) is 0 Å². The normalized spacial score (nSPS) is 10.6. The fraction of sp³-hybridized carbons (Fsp3) is 0.211. The number of ether oxygens (including phenoxy) is 4. The molecular formula is C19H18O6. The smallest absolute Gasteiger partial charge is 0.235 e. The van der Waals surface area contributed by atoms with Crippen LogP contribution in [0.5, 0.6) is 23.0 Å². The van der Waals surface area contributed by atoms with Crippen molar-refractivity contribution >= 4 is 11.0 Å². The van der Waals surface area contributed by atoms with Gasteiger partial charge in [-0.3, -0.25) is 4.79 Å². The van der Waals surface area contributed by atoms with Gasteiger partial charge in [0.1, 0.15) is 5.58 Å². The quantitative estimate of drug-likeness (QED) is 0.707. The number of benzene rings is 2.